The summed E-state index contributed by atoms with van der Waals surface area (Å²) in [6.45, 7) is 6.89. The zero-order chi connectivity index (χ0) is 15.4. The number of anilines is 3. The van der Waals surface area contributed by atoms with Gasteiger partial charge in [-0.25, -0.2) is 14.4 Å². The number of aromatic nitrogens is 2. The standard InChI is InChI=1S/C15H18BrFN4/c1-4-18-14-13(9(2)3)15(20-8-19-14)21-12-7-10(16)5-6-11(12)17/h5-9H,4H2,1-3H3,(H2,18,19,20,21). The first-order chi connectivity index (χ1) is 10.0. The summed E-state index contributed by atoms with van der Waals surface area (Å²) in [6, 6.07) is 4.76. The maximum atomic E-state index is 13.9. The van der Waals surface area contributed by atoms with Crippen LogP contribution in [0.5, 0.6) is 0 Å². The normalized spacial score (nSPS) is 10.8. The second-order valence-electron chi connectivity index (χ2n) is 4.92. The molecular weight excluding hydrogens is 335 g/mol. The van der Waals surface area contributed by atoms with E-state index in [0.717, 1.165) is 22.4 Å². The lowest BCUT2D eigenvalue weighted by Crippen LogP contribution is -2.09. The second kappa shape index (κ2) is 6.85. The fourth-order valence-electron chi connectivity index (χ4n) is 2.07. The number of rotatable bonds is 5. The van der Waals surface area contributed by atoms with Crippen molar-refractivity contribution in [3.63, 3.8) is 0 Å². The molecule has 0 bridgehead atoms. The number of hydrogen-bond donors (Lipinski definition) is 2. The molecule has 2 rings (SSSR count). The van der Waals surface area contributed by atoms with Gasteiger partial charge in [-0.2, -0.15) is 0 Å². The van der Waals surface area contributed by atoms with Crippen molar-refractivity contribution in [3.8, 4) is 0 Å². The maximum Gasteiger partial charge on any atom is 0.146 e. The Bertz CT molecular complexity index is 631. The maximum absolute atomic E-state index is 13.9. The summed E-state index contributed by atoms with van der Waals surface area (Å²) in [7, 11) is 0. The van der Waals surface area contributed by atoms with Crippen LogP contribution in [0.1, 0.15) is 32.3 Å². The molecular formula is C15H18BrFN4. The lowest BCUT2D eigenvalue weighted by Gasteiger charge is -2.17. The van der Waals surface area contributed by atoms with E-state index in [1.54, 1.807) is 12.1 Å². The van der Waals surface area contributed by atoms with E-state index in [-0.39, 0.29) is 11.7 Å². The first-order valence-corrected chi connectivity index (χ1v) is 7.63. The molecule has 0 unspecified atom stereocenters. The quantitative estimate of drug-likeness (QED) is 0.820. The van der Waals surface area contributed by atoms with Gasteiger partial charge in [0.05, 0.1) is 5.69 Å². The van der Waals surface area contributed by atoms with Gasteiger partial charge in [0.15, 0.2) is 0 Å². The largest absolute Gasteiger partial charge is 0.370 e. The van der Waals surface area contributed by atoms with E-state index in [1.165, 1.54) is 12.4 Å². The van der Waals surface area contributed by atoms with Crippen LogP contribution >= 0.6 is 15.9 Å². The van der Waals surface area contributed by atoms with Crippen LogP contribution in [0.15, 0.2) is 29.0 Å². The smallest absolute Gasteiger partial charge is 0.146 e. The molecule has 0 atom stereocenters. The molecule has 0 saturated carbocycles. The number of benzene rings is 1. The molecule has 1 heterocycles. The van der Waals surface area contributed by atoms with Crippen LogP contribution in [0.4, 0.5) is 21.7 Å². The summed E-state index contributed by atoms with van der Waals surface area (Å²) < 4.78 is 14.7. The summed E-state index contributed by atoms with van der Waals surface area (Å²) in [4.78, 5) is 8.53. The van der Waals surface area contributed by atoms with E-state index >= 15 is 0 Å². The van der Waals surface area contributed by atoms with Gasteiger partial charge in [0.2, 0.25) is 0 Å². The van der Waals surface area contributed by atoms with E-state index in [0.29, 0.717) is 11.5 Å². The van der Waals surface area contributed by atoms with E-state index in [1.807, 2.05) is 6.92 Å². The molecule has 0 aliphatic carbocycles. The van der Waals surface area contributed by atoms with Crippen LogP contribution in [0.2, 0.25) is 0 Å². The van der Waals surface area contributed by atoms with Gasteiger partial charge in [-0.05, 0) is 31.0 Å². The Morgan fingerprint density at radius 1 is 1.24 bits per heavy atom. The average Bonchev–Trinajstić information content (AvgIpc) is 2.43. The Hall–Kier alpha value is -1.69. The Kier molecular flexibility index (Phi) is 5.12. The number of hydrogen-bond acceptors (Lipinski definition) is 4. The zero-order valence-electron chi connectivity index (χ0n) is 12.2. The molecule has 0 radical (unpaired) electrons. The molecule has 0 spiro atoms. The highest BCUT2D eigenvalue weighted by Crippen LogP contribution is 2.31. The van der Waals surface area contributed by atoms with Crippen molar-refractivity contribution >= 4 is 33.3 Å². The van der Waals surface area contributed by atoms with Crippen LogP contribution < -0.4 is 10.6 Å². The Labute approximate surface area is 132 Å². The highest BCUT2D eigenvalue weighted by atomic mass is 79.9. The molecule has 2 N–H and O–H groups in total. The van der Waals surface area contributed by atoms with Crippen molar-refractivity contribution in [3.05, 3.63) is 40.4 Å². The summed E-state index contributed by atoms with van der Waals surface area (Å²) >= 11 is 3.34. The molecule has 0 saturated heterocycles. The third-order valence-corrected chi connectivity index (χ3v) is 3.48. The van der Waals surface area contributed by atoms with Crippen molar-refractivity contribution < 1.29 is 4.39 Å². The van der Waals surface area contributed by atoms with Crippen LogP contribution in [0, 0.1) is 5.82 Å². The lowest BCUT2D eigenvalue weighted by atomic mass is 10.0. The summed E-state index contributed by atoms with van der Waals surface area (Å²) in [5.74, 6) is 1.28. The van der Waals surface area contributed by atoms with Crippen LogP contribution in [-0.4, -0.2) is 16.5 Å². The summed E-state index contributed by atoms with van der Waals surface area (Å²) in [5.41, 5.74) is 1.33. The average molecular weight is 353 g/mol. The van der Waals surface area contributed by atoms with Gasteiger partial charge in [0, 0.05) is 16.6 Å². The first kappa shape index (κ1) is 15.7. The van der Waals surface area contributed by atoms with Gasteiger partial charge in [-0.3, -0.25) is 0 Å². The number of halogens is 2. The molecule has 0 fully saturated rings. The van der Waals surface area contributed by atoms with Gasteiger partial charge in [-0.1, -0.05) is 29.8 Å². The minimum atomic E-state index is -0.323. The third kappa shape index (κ3) is 3.69. The molecule has 4 nitrogen and oxygen atoms in total. The van der Waals surface area contributed by atoms with Crippen molar-refractivity contribution in [1.29, 1.82) is 0 Å². The SMILES string of the molecule is CCNc1ncnc(Nc2cc(Br)ccc2F)c1C(C)C. The molecule has 1 aromatic heterocycles. The van der Waals surface area contributed by atoms with Crippen LogP contribution in [-0.2, 0) is 0 Å². The van der Waals surface area contributed by atoms with Crippen LogP contribution in [0.3, 0.4) is 0 Å². The molecule has 6 heteroatoms. The highest BCUT2D eigenvalue weighted by molar-refractivity contribution is 9.10. The molecule has 0 amide bonds. The Balaban J connectivity index is 2.43. The van der Waals surface area contributed by atoms with Gasteiger partial charge in [0.1, 0.15) is 23.8 Å². The monoisotopic (exact) mass is 352 g/mol. The van der Waals surface area contributed by atoms with Gasteiger partial charge >= 0.3 is 0 Å². The van der Waals surface area contributed by atoms with E-state index in [2.05, 4.69) is 50.4 Å². The summed E-state index contributed by atoms with van der Waals surface area (Å²) in [6.07, 6.45) is 1.47. The zero-order valence-corrected chi connectivity index (χ0v) is 13.8. The first-order valence-electron chi connectivity index (χ1n) is 6.83. The van der Waals surface area contributed by atoms with E-state index < -0.39 is 0 Å². The van der Waals surface area contributed by atoms with Gasteiger partial charge in [0.25, 0.3) is 0 Å². The molecule has 112 valence electrons. The summed E-state index contributed by atoms with van der Waals surface area (Å²) in [5, 5.41) is 6.28. The van der Waals surface area contributed by atoms with Crippen molar-refractivity contribution in [2.24, 2.45) is 0 Å². The van der Waals surface area contributed by atoms with Crippen molar-refractivity contribution in [2.45, 2.75) is 26.7 Å². The van der Waals surface area contributed by atoms with Gasteiger partial charge < -0.3 is 10.6 Å². The molecule has 0 aliphatic heterocycles. The molecule has 0 aliphatic rings. The minimum absolute atomic E-state index is 0.206. The number of nitrogens with one attached hydrogen (secondary N) is 2. The van der Waals surface area contributed by atoms with Crippen LogP contribution in [0.25, 0.3) is 0 Å². The Morgan fingerprint density at radius 3 is 2.62 bits per heavy atom. The predicted octanol–water partition coefficient (Wildman–Crippen LogP) is 4.68. The fourth-order valence-corrected chi connectivity index (χ4v) is 2.43. The highest BCUT2D eigenvalue weighted by Gasteiger charge is 2.16. The van der Waals surface area contributed by atoms with Crippen molar-refractivity contribution in [1.82, 2.24) is 9.97 Å². The predicted molar refractivity (Wildman–Crippen MR) is 87.7 cm³/mol. The molecule has 21 heavy (non-hydrogen) atoms. The lowest BCUT2D eigenvalue weighted by molar-refractivity contribution is 0.631. The topological polar surface area (TPSA) is 49.8 Å². The van der Waals surface area contributed by atoms with E-state index in [4.69, 9.17) is 0 Å². The minimum Gasteiger partial charge on any atom is -0.370 e. The third-order valence-electron chi connectivity index (χ3n) is 2.99. The number of nitrogens with zero attached hydrogens (tertiary/aromatic N) is 2. The van der Waals surface area contributed by atoms with E-state index in [9.17, 15) is 4.39 Å². The van der Waals surface area contributed by atoms with Gasteiger partial charge in [-0.15, -0.1) is 0 Å². The second-order valence-corrected chi connectivity index (χ2v) is 5.83. The Morgan fingerprint density at radius 2 is 1.95 bits per heavy atom. The fraction of sp³-hybridized carbons (Fsp3) is 0.333. The molecule has 1 aromatic carbocycles. The molecule has 2 aromatic rings. The van der Waals surface area contributed by atoms with Crippen molar-refractivity contribution in [2.75, 3.05) is 17.2 Å².